The SMILES string of the molecule is Cc1nn(CC(=O)N2C[C@@H](C)N[C@H](C)C2)c(C)c1Cl. The Bertz CT molecular complexity index is 475. The molecule has 0 radical (unpaired) electrons. The molecule has 1 aliphatic rings. The zero-order valence-electron chi connectivity index (χ0n) is 11.9. The normalized spacial score (nSPS) is 23.7. The van der Waals surface area contributed by atoms with E-state index in [1.165, 1.54) is 0 Å². The minimum Gasteiger partial charge on any atom is -0.338 e. The molecule has 2 rings (SSSR count). The molecule has 0 aliphatic carbocycles. The maximum Gasteiger partial charge on any atom is 0.244 e. The molecule has 6 heteroatoms. The molecule has 2 heterocycles. The van der Waals surface area contributed by atoms with Crippen LogP contribution in [0.25, 0.3) is 0 Å². The van der Waals surface area contributed by atoms with Crippen LogP contribution in [0.2, 0.25) is 5.02 Å². The lowest BCUT2D eigenvalue weighted by Crippen LogP contribution is -2.56. The smallest absolute Gasteiger partial charge is 0.244 e. The molecule has 1 aromatic rings. The highest BCUT2D eigenvalue weighted by Crippen LogP contribution is 2.19. The Morgan fingerprint density at radius 2 is 1.95 bits per heavy atom. The van der Waals surface area contributed by atoms with E-state index in [-0.39, 0.29) is 12.5 Å². The van der Waals surface area contributed by atoms with Crippen molar-refractivity contribution in [2.75, 3.05) is 13.1 Å². The Morgan fingerprint density at radius 3 is 2.42 bits per heavy atom. The van der Waals surface area contributed by atoms with Crippen LogP contribution in [0, 0.1) is 13.8 Å². The lowest BCUT2D eigenvalue weighted by Gasteiger charge is -2.36. The molecule has 5 nitrogen and oxygen atoms in total. The van der Waals surface area contributed by atoms with E-state index in [2.05, 4.69) is 24.3 Å². The first-order chi connectivity index (χ1) is 8.88. The summed E-state index contributed by atoms with van der Waals surface area (Å²) in [5, 5.41) is 8.37. The molecule has 0 unspecified atom stereocenters. The highest BCUT2D eigenvalue weighted by atomic mass is 35.5. The van der Waals surface area contributed by atoms with Crippen LogP contribution >= 0.6 is 11.6 Å². The molecular weight excluding hydrogens is 264 g/mol. The van der Waals surface area contributed by atoms with Gasteiger partial charge in [-0.15, -0.1) is 0 Å². The Hall–Kier alpha value is -1.07. The predicted octanol–water partition coefficient (Wildman–Crippen LogP) is 1.36. The van der Waals surface area contributed by atoms with Gasteiger partial charge in [-0.1, -0.05) is 11.6 Å². The first-order valence-corrected chi connectivity index (χ1v) is 6.99. The molecule has 1 N–H and O–H groups in total. The summed E-state index contributed by atoms with van der Waals surface area (Å²) in [6.07, 6.45) is 0. The maximum atomic E-state index is 12.3. The van der Waals surface area contributed by atoms with E-state index >= 15 is 0 Å². The zero-order valence-corrected chi connectivity index (χ0v) is 12.7. The van der Waals surface area contributed by atoms with Gasteiger partial charge in [-0.05, 0) is 27.7 Å². The van der Waals surface area contributed by atoms with Crippen molar-refractivity contribution in [3.8, 4) is 0 Å². The lowest BCUT2D eigenvalue weighted by molar-refractivity contribution is -0.133. The van der Waals surface area contributed by atoms with E-state index in [0.717, 1.165) is 24.5 Å². The number of halogens is 1. The number of hydrogen-bond donors (Lipinski definition) is 1. The van der Waals surface area contributed by atoms with Crippen molar-refractivity contribution >= 4 is 17.5 Å². The monoisotopic (exact) mass is 284 g/mol. The van der Waals surface area contributed by atoms with E-state index in [9.17, 15) is 4.79 Å². The number of hydrogen-bond acceptors (Lipinski definition) is 3. The van der Waals surface area contributed by atoms with Crippen LogP contribution in [-0.4, -0.2) is 45.8 Å². The molecule has 2 atom stereocenters. The summed E-state index contributed by atoms with van der Waals surface area (Å²) >= 11 is 6.10. The van der Waals surface area contributed by atoms with Crippen LogP contribution in [0.1, 0.15) is 25.2 Å². The van der Waals surface area contributed by atoms with Crippen LogP contribution in [0.5, 0.6) is 0 Å². The van der Waals surface area contributed by atoms with Gasteiger partial charge in [-0.2, -0.15) is 5.10 Å². The molecule has 0 aromatic carbocycles. The molecule has 0 spiro atoms. The molecule has 0 bridgehead atoms. The minimum absolute atomic E-state index is 0.0995. The molecule has 1 aliphatic heterocycles. The average Bonchev–Trinajstić information content (AvgIpc) is 2.56. The van der Waals surface area contributed by atoms with E-state index in [1.807, 2.05) is 18.7 Å². The third kappa shape index (κ3) is 3.09. The topological polar surface area (TPSA) is 50.2 Å². The predicted molar refractivity (Wildman–Crippen MR) is 75.4 cm³/mol. The van der Waals surface area contributed by atoms with Gasteiger partial charge in [0.05, 0.1) is 16.4 Å². The van der Waals surface area contributed by atoms with Crippen molar-refractivity contribution in [1.29, 1.82) is 0 Å². The average molecular weight is 285 g/mol. The fourth-order valence-electron chi connectivity index (χ4n) is 2.59. The number of carbonyl (C=O) groups excluding carboxylic acids is 1. The fourth-order valence-corrected chi connectivity index (χ4v) is 2.72. The van der Waals surface area contributed by atoms with Crippen molar-refractivity contribution < 1.29 is 4.79 Å². The van der Waals surface area contributed by atoms with Gasteiger partial charge in [-0.3, -0.25) is 9.48 Å². The summed E-state index contributed by atoms with van der Waals surface area (Å²) in [4.78, 5) is 14.2. The zero-order chi connectivity index (χ0) is 14.2. The van der Waals surface area contributed by atoms with Crippen LogP contribution in [0.15, 0.2) is 0 Å². The summed E-state index contributed by atoms with van der Waals surface area (Å²) < 4.78 is 1.69. The van der Waals surface area contributed by atoms with Crippen molar-refractivity contribution in [1.82, 2.24) is 20.0 Å². The second kappa shape index (κ2) is 5.51. The third-order valence-electron chi connectivity index (χ3n) is 3.49. The molecule has 106 valence electrons. The van der Waals surface area contributed by atoms with E-state index in [1.54, 1.807) is 4.68 Å². The molecular formula is C13H21ClN4O. The Balaban J connectivity index is 2.06. The van der Waals surface area contributed by atoms with Crippen LogP contribution < -0.4 is 5.32 Å². The number of rotatable bonds is 2. The Morgan fingerprint density at radius 1 is 1.37 bits per heavy atom. The quantitative estimate of drug-likeness (QED) is 0.892. The number of nitrogens with one attached hydrogen (secondary N) is 1. The molecule has 1 aromatic heterocycles. The largest absolute Gasteiger partial charge is 0.338 e. The number of piperazine rings is 1. The first kappa shape index (κ1) is 14.3. The van der Waals surface area contributed by atoms with E-state index < -0.39 is 0 Å². The number of nitrogens with zero attached hydrogens (tertiary/aromatic N) is 3. The van der Waals surface area contributed by atoms with Gasteiger partial charge in [0.2, 0.25) is 5.91 Å². The number of amides is 1. The van der Waals surface area contributed by atoms with Gasteiger partial charge < -0.3 is 10.2 Å². The van der Waals surface area contributed by atoms with Crippen LogP contribution in [0.4, 0.5) is 0 Å². The van der Waals surface area contributed by atoms with Gasteiger partial charge in [0.1, 0.15) is 6.54 Å². The highest BCUT2D eigenvalue weighted by molar-refractivity contribution is 6.31. The Labute approximate surface area is 118 Å². The van der Waals surface area contributed by atoms with Crippen molar-refractivity contribution in [3.63, 3.8) is 0 Å². The van der Waals surface area contributed by atoms with Crippen molar-refractivity contribution in [3.05, 3.63) is 16.4 Å². The molecule has 1 saturated heterocycles. The highest BCUT2D eigenvalue weighted by Gasteiger charge is 2.25. The lowest BCUT2D eigenvalue weighted by atomic mass is 10.1. The third-order valence-corrected chi connectivity index (χ3v) is 4.04. The van der Waals surface area contributed by atoms with Gasteiger partial charge in [-0.25, -0.2) is 0 Å². The van der Waals surface area contributed by atoms with Gasteiger partial charge in [0, 0.05) is 25.2 Å². The number of carbonyl (C=O) groups is 1. The standard InChI is InChI=1S/C13H21ClN4O/c1-8-5-17(6-9(2)15-8)12(19)7-18-11(4)13(14)10(3)16-18/h8-9,15H,5-7H2,1-4H3/t8-,9-/m1/s1. The van der Waals surface area contributed by atoms with Crippen LogP contribution in [-0.2, 0) is 11.3 Å². The molecule has 0 saturated carbocycles. The fraction of sp³-hybridized carbons (Fsp3) is 0.692. The minimum atomic E-state index is 0.0995. The van der Waals surface area contributed by atoms with Gasteiger partial charge in [0.15, 0.2) is 0 Å². The van der Waals surface area contributed by atoms with Crippen LogP contribution in [0.3, 0.4) is 0 Å². The summed E-state index contributed by atoms with van der Waals surface area (Å²) in [5.41, 5.74) is 1.62. The number of aromatic nitrogens is 2. The van der Waals surface area contributed by atoms with Crippen molar-refractivity contribution in [2.45, 2.75) is 46.3 Å². The molecule has 1 amide bonds. The Kier molecular flexibility index (Phi) is 4.16. The van der Waals surface area contributed by atoms with Crippen molar-refractivity contribution in [2.24, 2.45) is 0 Å². The summed E-state index contributed by atoms with van der Waals surface area (Å²) in [6.45, 7) is 9.68. The molecule has 19 heavy (non-hydrogen) atoms. The number of aryl methyl sites for hydroxylation is 1. The summed E-state index contributed by atoms with van der Waals surface area (Å²) in [6, 6.07) is 0.661. The first-order valence-electron chi connectivity index (χ1n) is 6.61. The summed E-state index contributed by atoms with van der Waals surface area (Å²) in [7, 11) is 0. The van der Waals surface area contributed by atoms with E-state index in [0.29, 0.717) is 17.1 Å². The van der Waals surface area contributed by atoms with Gasteiger partial charge >= 0.3 is 0 Å². The summed E-state index contributed by atoms with van der Waals surface area (Å²) in [5.74, 6) is 0.0995. The maximum absolute atomic E-state index is 12.3. The van der Waals surface area contributed by atoms with Gasteiger partial charge in [0.25, 0.3) is 0 Å². The second-order valence-corrected chi connectivity index (χ2v) is 5.79. The second-order valence-electron chi connectivity index (χ2n) is 5.41. The molecule has 1 fully saturated rings. The van der Waals surface area contributed by atoms with E-state index in [4.69, 9.17) is 11.6 Å².